The first-order chi connectivity index (χ1) is 9.16. The van der Waals surface area contributed by atoms with Crippen molar-refractivity contribution in [1.29, 1.82) is 0 Å². The lowest BCUT2D eigenvalue weighted by atomic mass is 10.3. The summed E-state index contributed by atoms with van der Waals surface area (Å²) >= 11 is 12.3. The third-order valence-corrected chi connectivity index (χ3v) is 3.20. The second-order valence-electron chi connectivity index (χ2n) is 4.01. The van der Waals surface area contributed by atoms with Gasteiger partial charge in [0.05, 0.1) is 22.0 Å². The molecule has 0 saturated carbocycles. The number of hydrogen-bond donors (Lipinski definition) is 0. The summed E-state index contributed by atoms with van der Waals surface area (Å²) in [6.45, 7) is 1.89. The van der Waals surface area contributed by atoms with Crippen LogP contribution >= 0.6 is 23.2 Å². The fourth-order valence-electron chi connectivity index (χ4n) is 1.88. The lowest BCUT2D eigenvalue weighted by Crippen LogP contribution is -2.01. The molecular weight excluding hydrogens is 285 g/mol. The van der Waals surface area contributed by atoms with E-state index >= 15 is 0 Å². The van der Waals surface area contributed by atoms with Gasteiger partial charge in [-0.3, -0.25) is 4.98 Å². The molecule has 0 N–H and O–H groups in total. The standard InChI is InChI=1S/C13H9Cl2N3O/c1-8-5-11(12-3-2-4-19-12)18(17-8)13-9(14)6-16-7-10(13)15/h2-7H,1H3. The Hall–Kier alpha value is -1.78. The summed E-state index contributed by atoms with van der Waals surface area (Å²) < 4.78 is 7.08. The van der Waals surface area contributed by atoms with Crippen LogP contribution in [0.4, 0.5) is 0 Å². The number of aryl methyl sites for hydroxylation is 1. The third-order valence-electron chi connectivity index (χ3n) is 2.65. The lowest BCUT2D eigenvalue weighted by molar-refractivity contribution is 0.577. The van der Waals surface area contributed by atoms with Crippen LogP contribution in [-0.2, 0) is 0 Å². The molecule has 96 valence electrons. The molecule has 0 unspecified atom stereocenters. The first-order valence-corrected chi connectivity index (χ1v) is 6.32. The average molecular weight is 294 g/mol. The molecular formula is C13H9Cl2N3O. The zero-order valence-electron chi connectivity index (χ0n) is 9.97. The SMILES string of the molecule is Cc1cc(-c2ccco2)n(-c2c(Cl)cncc2Cl)n1. The summed E-state index contributed by atoms with van der Waals surface area (Å²) in [6.07, 6.45) is 4.68. The number of furan rings is 1. The van der Waals surface area contributed by atoms with Crippen LogP contribution < -0.4 is 0 Å². The smallest absolute Gasteiger partial charge is 0.152 e. The van der Waals surface area contributed by atoms with Crippen LogP contribution in [0, 0.1) is 6.92 Å². The molecule has 0 aromatic carbocycles. The molecule has 19 heavy (non-hydrogen) atoms. The number of nitrogens with zero attached hydrogens (tertiary/aromatic N) is 3. The molecule has 0 radical (unpaired) electrons. The molecule has 3 aromatic rings. The molecule has 3 heterocycles. The minimum atomic E-state index is 0.434. The zero-order chi connectivity index (χ0) is 13.4. The summed E-state index contributed by atoms with van der Waals surface area (Å²) in [4.78, 5) is 3.94. The molecule has 0 aliphatic heterocycles. The fraction of sp³-hybridized carbons (Fsp3) is 0.0769. The van der Waals surface area contributed by atoms with Gasteiger partial charge in [0.25, 0.3) is 0 Å². The summed E-state index contributed by atoms with van der Waals surface area (Å²) in [5, 5.41) is 5.29. The average Bonchev–Trinajstić information content (AvgIpc) is 2.98. The van der Waals surface area contributed by atoms with Crippen molar-refractivity contribution in [2.75, 3.05) is 0 Å². The van der Waals surface area contributed by atoms with E-state index in [0.717, 1.165) is 11.4 Å². The summed E-state index contributed by atoms with van der Waals surface area (Å²) in [5.41, 5.74) is 2.23. The highest BCUT2D eigenvalue weighted by Crippen LogP contribution is 2.31. The van der Waals surface area contributed by atoms with E-state index in [2.05, 4.69) is 10.1 Å². The Labute approximate surface area is 119 Å². The number of halogens is 2. The van der Waals surface area contributed by atoms with Gasteiger partial charge < -0.3 is 4.42 Å². The Morgan fingerprint density at radius 1 is 1.21 bits per heavy atom. The molecule has 4 nitrogen and oxygen atoms in total. The highest BCUT2D eigenvalue weighted by Gasteiger charge is 2.17. The van der Waals surface area contributed by atoms with Gasteiger partial charge in [0.1, 0.15) is 11.4 Å². The van der Waals surface area contributed by atoms with E-state index in [4.69, 9.17) is 27.6 Å². The van der Waals surface area contributed by atoms with E-state index in [9.17, 15) is 0 Å². The maximum Gasteiger partial charge on any atom is 0.152 e. The predicted molar refractivity (Wildman–Crippen MR) is 73.8 cm³/mol. The van der Waals surface area contributed by atoms with E-state index in [1.54, 1.807) is 10.9 Å². The number of pyridine rings is 1. The van der Waals surface area contributed by atoms with Crippen LogP contribution in [0.3, 0.4) is 0 Å². The maximum atomic E-state index is 6.17. The van der Waals surface area contributed by atoms with Crippen LogP contribution in [0.25, 0.3) is 17.1 Å². The predicted octanol–water partition coefficient (Wildman–Crippen LogP) is 4.14. The quantitative estimate of drug-likeness (QED) is 0.713. The lowest BCUT2D eigenvalue weighted by Gasteiger charge is -2.09. The molecule has 0 spiro atoms. The maximum absolute atomic E-state index is 6.17. The van der Waals surface area contributed by atoms with Crippen molar-refractivity contribution in [1.82, 2.24) is 14.8 Å². The second kappa shape index (κ2) is 4.72. The Morgan fingerprint density at radius 3 is 2.58 bits per heavy atom. The van der Waals surface area contributed by atoms with Gasteiger partial charge in [0, 0.05) is 12.4 Å². The minimum absolute atomic E-state index is 0.434. The molecule has 3 aromatic heterocycles. The summed E-state index contributed by atoms with van der Waals surface area (Å²) in [6, 6.07) is 5.58. The molecule has 0 aliphatic carbocycles. The molecule has 6 heteroatoms. The van der Waals surface area contributed by atoms with Crippen molar-refractivity contribution in [3.8, 4) is 17.1 Å². The van der Waals surface area contributed by atoms with E-state index in [1.807, 2.05) is 25.1 Å². The van der Waals surface area contributed by atoms with Gasteiger partial charge in [-0.2, -0.15) is 5.10 Å². The van der Waals surface area contributed by atoms with Crippen molar-refractivity contribution >= 4 is 23.2 Å². The minimum Gasteiger partial charge on any atom is -0.463 e. The Morgan fingerprint density at radius 2 is 1.95 bits per heavy atom. The van der Waals surface area contributed by atoms with E-state index in [0.29, 0.717) is 21.5 Å². The van der Waals surface area contributed by atoms with Crippen LogP contribution in [-0.4, -0.2) is 14.8 Å². The van der Waals surface area contributed by atoms with Crippen molar-refractivity contribution in [3.63, 3.8) is 0 Å². The molecule has 0 atom stereocenters. The molecule has 0 aliphatic rings. The van der Waals surface area contributed by atoms with E-state index < -0.39 is 0 Å². The third kappa shape index (κ3) is 2.13. The van der Waals surface area contributed by atoms with Crippen LogP contribution in [0.2, 0.25) is 10.0 Å². The van der Waals surface area contributed by atoms with Crippen LogP contribution in [0.1, 0.15) is 5.69 Å². The number of hydrogen-bond acceptors (Lipinski definition) is 3. The largest absolute Gasteiger partial charge is 0.463 e. The number of rotatable bonds is 2. The number of aromatic nitrogens is 3. The van der Waals surface area contributed by atoms with Gasteiger partial charge in [-0.1, -0.05) is 23.2 Å². The molecule has 0 amide bonds. The summed E-state index contributed by atoms with van der Waals surface area (Å²) in [7, 11) is 0. The topological polar surface area (TPSA) is 43.9 Å². The molecule has 0 fully saturated rings. The van der Waals surface area contributed by atoms with Crippen molar-refractivity contribution in [2.24, 2.45) is 0 Å². The summed E-state index contributed by atoms with van der Waals surface area (Å²) in [5.74, 6) is 0.699. The van der Waals surface area contributed by atoms with Gasteiger partial charge in [0.2, 0.25) is 0 Å². The van der Waals surface area contributed by atoms with Crippen molar-refractivity contribution in [2.45, 2.75) is 6.92 Å². The first-order valence-electron chi connectivity index (χ1n) is 5.57. The van der Waals surface area contributed by atoms with Crippen molar-refractivity contribution in [3.05, 3.63) is 52.6 Å². The highest BCUT2D eigenvalue weighted by molar-refractivity contribution is 6.37. The van der Waals surface area contributed by atoms with Gasteiger partial charge >= 0.3 is 0 Å². The zero-order valence-corrected chi connectivity index (χ0v) is 11.5. The Balaban J connectivity index is 2.27. The van der Waals surface area contributed by atoms with E-state index in [-0.39, 0.29) is 0 Å². The van der Waals surface area contributed by atoms with Crippen LogP contribution in [0.5, 0.6) is 0 Å². The van der Waals surface area contributed by atoms with Crippen molar-refractivity contribution < 1.29 is 4.42 Å². The molecule has 3 rings (SSSR count). The molecule has 0 bridgehead atoms. The first kappa shape index (κ1) is 12.3. The fourth-order valence-corrected chi connectivity index (χ4v) is 2.40. The van der Waals surface area contributed by atoms with Gasteiger partial charge in [-0.05, 0) is 25.1 Å². The van der Waals surface area contributed by atoms with Gasteiger partial charge in [0.15, 0.2) is 5.76 Å². The normalized spacial score (nSPS) is 10.9. The Bertz CT molecular complexity index is 699. The molecule has 0 saturated heterocycles. The second-order valence-corrected chi connectivity index (χ2v) is 4.83. The Kier molecular flexibility index (Phi) is 3.05. The van der Waals surface area contributed by atoms with Crippen LogP contribution in [0.15, 0.2) is 41.3 Å². The van der Waals surface area contributed by atoms with Gasteiger partial charge in [-0.25, -0.2) is 4.68 Å². The monoisotopic (exact) mass is 293 g/mol. The van der Waals surface area contributed by atoms with Gasteiger partial charge in [-0.15, -0.1) is 0 Å². The van der Waals surface area contributed by atoms with E-state index in [1.165, 1.54) is 12.4 Å². The highest BCUT2D eigenvalue weighted by atomic mass is 35.5.